The van der Waals surface area contributed by atoms with E-state index in [0.29, 0.717) is 16.0 Å². The fourth-order valence-corrected chi connectivity index (χ4v) is 1.84. The Balaban J connectivity index is 2.91. The van der Waals surface area contributed by atoms with Gasteiger partial charge in [-0.25, -0.2) is 4.79 Å². The first-order chi connectivity index (χ1) is 7.02. The number of hydrogen-bond donors (Lipinski definition) is 1. The van der Waals surface area contributed by atoms with Gasteiger partial charge in [0.2, 0.25) is 0 Å². The first kappa shape index (κ1) is 10.1. The molecule has 1 aromatic carbocycles. The molecule has 0 aliphatic rings. The van der Waals surface area contributed by atoms with Crippen molar-refractivity contribution in [2.24, 2.45) is 0 Å². The summed E-state index contributed by atoms with van der Waals surface area (Å²) in [5.74, 6) is -1.00. The van der Waals surface area contributed by atoms with Crippen molar-refractivity contribution in [3.05, 3.63) is 34.0 Å². The first-order valence-electron chi connectivity index (χ1n) is 4.42. The van der Waals surface area contributed by atoms with Gasteiger partial charge in [-0.3, -0.25) is 0 Å². The van der Waals surface area contributed by atoms with E-state index in [4.69, 9.17) is 21.1 Å². The number of furan rings is 1. The number of hydrogen-bond acceptors (Lipinski definition) is 2. The molecule has 4 heteroatoms. The van der Waals surface area contributed by atoms with Gasteiger partial charge < -0.3 is 9.52 Å². The summed E-state index contributed by atoms with van der Waals surface area (Å²) in [4.78, 5) is 10.9. The van der Waals surface area contributed by atoms with Crippen LogP contribution in [0.15, 0.2) is 16.7 Å². The van der Waals surface area contributed by atoms with Crippen LogP contribution < -0.4 is 0 Å². The Morgan fingerprint density at radius 2 is 2.13 bits per heavy atom. The van der Waals surface area contributed by atoms with Gasteiger partial charge in [0.15, 0.2) is 0 Å². The minimum Gasteiger partial charge on any atom is -0.478 e. The van der Waals surface area contributed by atoms with Crippen molar-refractivity contribution in [3.63, 3.8) is 0 Å². The number of carboxylic acids is 1. The van der Waals surface area contributed by atoms with E-state index in [1.807, 2.05) is 6.92 Å². The molecule has 0 amide bonds. The standard InChI is InChI=1S/C11H9ClO3/c1-5-3-8-9(6(2)10(5)12)7(4-15-8)11(13)14/h3-4H,1-2H3,(H,13,14). The summed E-state index contributed by atoms with van der Waals surface area (Å²) in [5, 5.41) is 10.1. The molecule has 0 unspecified atom stereocenters. The predicted molar refractivity (Wildman–Crippen MR) is 57.7 cm³/mol. The highest BCUT2D eigenvalue weighted by atomic mass is 35.5. The third-order valence-electron chi connectivity index (χ3n) is 2.45. The molecule has 15 heavy (non-hydrogen) atoms. The van der Waals surface area contributed by atoms with Crippen LogP contribution in [0.5, 0.6) is 0 Å². The third kappa shape index (κ3) is 1.39. The molecule has 0 aliphatic heterocycles. The summed E-state index contributed by atoms with van der Waals surface area (Å²) < 4.78 is 5.19. The van der Waals surface area contributed by atoms with Crippen LogP contribution >= 0.6 is 11.6 Å². The number of halogens is 1. The van der Waals surface area contributed by atoms with Crippen molar-refractivity contribution in [1.82, 2.24) is 0 Å². The largest absolute Gasteiger partial charge is 0.478 e. The second-order valence-electron chi connectivity index (χ2n) is 3.46. The maximum Gasteiger partial charge on any atom is 0.339 e. The van der Waals surface area contributed by atoms with E-state index in [2.05, 4.69) is 0 Å². The van der Waals surface area contributed by atoms with Crippen LogP contribution in [0.25, 0.3) is 11.0 Å². The van der Waals surface area contributed by atoms with E-state index in [9.17, 15) is 4.79 Å². The Morgan fingerprint density at radius 1 is 1.47 bits per heavy atom. The molecule has 0 bridgehead atoms. The van der Waals surface area contributed by atoms with Crippen molar-refractivity contribution < 1.29 is 14.3 Å². The minimum absolute atomic E-state index is 0.157. The summed E-state index contributed by atoms with van der Waals surface area (Å²) in [6.45, 7) is 3.65. The van der Waals surface area contributed by atoms with Gasteiger partial charge in [0.25, 0.3) is 0 Å². The molecule has 78 valence electrons. The molecule has 3 nitrogen and oxygen atoms in total. The van der Waals surface area contributed by atoms with E-state index in [1.165, 1.54) is 6.26 Å². The highest BCUT2D eigenvalue weighted by Crippen LogP contribution is 2.32. The number of carboxylic acid groups (broad SMARTS) is 1. The van der Waals surface area contributed by atoms with Gasteiger partial charge in [0.05, 0.1) is 0 Å². The van der Waals surface area contributed by atoms with E-state index in [1.54, 1.807) is 13.0 Å². The number of benzene rings is 1. The lowest BCUT2D eigenvalue weighted by Gasteiger charge is -2.03. The molecule has 1 aromatic heterocycles. The second-order valence-corrected chi connectivity index (χ2v) is 3.84. The molecule has 0 saturated carbocycles. The third-order valence-corrected chi connectivity index (χ3v) is 3.03. The van der Waals surface area contributed by atoms with Crippen LogP contribution in [0.2, 0.25) is 5.02 Å². The Bertz CT molecular complexity index is 554. The molecule has 0 radical (unpaired) electrons. The van der Waals surface area contributed by atoms with Gasteiger partial charge >= 0.3 is 5.97 Å². The van der Waals surface area contributed by atoms with Gasteiger partial charge in [-0.2, -0.15) is 0 Å². The van der Waals surface area contributed by atoms with Gasteiger partial charge in [0, 0.05) is 10.4 Å². The monoisotopic (exact) mass is 224 g/mol. The molecule has 0 atom stereocenters. The molecule has 0 fully saturated rings. The average Bonchev–Trinajstić information content (AvgIpc) is 2.58. The molecular formula is C11H9ClO3. The number of fused-ring (bicyclic) bond motifs is 1. The van der Waals surface area contributed by atoms with Gasteiger partial charge in [0.1, 0.15) is 17.4 Å². The van der Waals surface area contributed by atoms with Crippen LogP contribution in [0.3, 0.4) is 0 Å². The van der Waals surface area contributed by atoms with Crippen LogP contribution in [0.1, 0.15) is 21.5 Å². The van der Waals surface area contributed by atoms with E-state index in [-0.39, 0.29) is 5.56 Å². The normalized spacial score (nSPS) is 10.9. The smallest absolute Gasteiger partial charge is 0.339 e. The van der Waals surface area contributed by atoms with Gasteiger partial charge in [-0.1, -0.05) is 11.6 Å². The summed E-state index contributed by atoms with van der Waals surface area (Å²) in [5.41, 5.74) is 2.35. The molecule has 0 spiro atoms. The number of aryl methyl sites for hydroxylation is 2. The number of rotatable bonds is 1. The van der Waals surface area contributed by atoms with Crippen LogP contribution in [-0.4, -0.2) is 11.1 Å². The van der Waals surface area contributed by atoms with Crippen molar-refractivity contribution in [2.75, 3.05) is 0 Å². The zero-order valence-electron chi connectivity index (χ0n) is 8.30. The predicted octanol–water partition coefficient (Wildman–Crippen LogP) is 3.40. The minimum atomic E-state index is -1.00. The average molecular weight is 225 g/mol. The fraction of sp³-hybridized carbons (Fsp3) is 0.182. The van der Waals surface area contributed by atoms with Crippen molar-refractivity contribution in [3.8, 4) is 0 Å². The lowest BCUT2D eigenvalue weighted by Crippen LogP contribution is -1.95. The molecule has 2 rings (SSSR count). The summed E-state index contributed by atoms with van der Waals surface area (Å²) >= 11 is 6.06. The maximum atomic E-state index is 10.9. The zero-order valence-corrected chi connectivity index (χ0v) is 9.05. The van der Waals surface area contributed by atoms with Crippen LogP contribution in [0, 0.1) is 13.8 Å². The Labute approximate surface area is 91.3 Å². The Morgan fingerprint density at radius 3 is 2.73 bits per heavy atom. The lowest BCUT2D eigenvalue weighted by molar-refractivity contribution is 0.0698. The highest BCUT2D eigenvalue weighted by Gasteiger charge is 2.17. The van der Waals surface area contributed by atoms with E-state index < -0.39 is 5.97 Å². The molecule has 1 N–H and O–H groups in total. The molecule has 1 heterocycles. The summed E-state index contributed by atoms with van der Waals surface area (Å²) in [6.07, 6.45) is 1.25. The molecule has 0 saturated heterocycles. The van der Waals surface area contributed by atoms with Crippen molar-refractivity contribution in [1.29, 1.82) is 0 Å². The van der Waals surface area contributed by atoms with E-state index >= 15 is 0 Å². The lowest BCUT2D eigenvalue weighted by atomic mass is 10.0. The van der Waals surface area contributed by atoms with Gasteiger partial charge in [-0.15, -0.1) is 0 Å². The number of aromatic carboxylic acids is 1. The van der Waals surface area contributed by atoms with E-state index in [0.717, 1.165) is 11.1 Å². The molecule has 2 aromatic rings. The number of carbonyl (C=O) groups is 1. The summed E-state index contributed by atoms with van der Waals surface area (Å²) in [7, 11) is 0. The topological polar surface area (TPSA) is 50.4 Å². The van der Waals surface area contributed by atoms with Gasteiger partial charge in [-0.05, 0) is 31.0 Å². The Kier molecular flexibility index (Phi) is 2.20. The van der Waals surface area contributed by atoms with Crippen molar-refractivity contribution >= 4 is 28.5 Å². The first-order valence-corrected chi connectivity index (χ1v) is 4.80. The Hall–Kier alpha value is -1.48. The van der Waals surface area contributed by atoms with Crippen LogP contribution in [-0.2, 0) is 0 Å². The quantitative estimate of drug-likeness (QED) is 0.808. The molecular weight excluding hydrogens is 216 g/mol. The highest BCUT2D eigenvalue weighted by molar-refractivity contribution is 6.33. The fourth-order valence-electron chi connectivity index (χ4n) is 1.69. The molecule has 0 aliphatic carbocycles. The summed E-state index contributed by atoms with van der Waals surface area (Å²) in [6, 6.07) is 1.75. The van der Waals surface area contributed by atoms with Crippen LogP contribution in [0.4, 0.5) is 0 Å². The zero-order chi connectivity index (χ0) is 11.2. The maximum absolute atomic E-state index is 10.9. The SMILES string of the molecule is Cc1cc2occ(C(=O)O)c2c(C)c1Cl. The van der Waals surface area contributed by atoms with Crippen molar-refractivity contribution in [2.45, 2.75) is 13.8 Å². The second kappa shape index (κ2) is 3.28.